The van der Waals surface area contributed by atoms with Gasteiger partial charge in [0.1, 0.15) is 11.4 Å². The van der Waals surface area contributed by atoms with Gasteiger partial charge >= 0.3 is 5.97 Å². The van der Waals surface area contributed by atoms with E-state index in [9.17, 15) is 9.59 Å². The van der Waals surface area contributed by atoms with E-state index in [4.69, 9.17) is 9.47 Å². The number of halogens is 1. The summed E-state index contributed by atoms with van der Waals surface area (Å²) in [5.41, 5.74) is 2.07. The highest BCUT2D eigenvalue weighted by Crippen LogP contribution is 2.23. The zero-order chi connectivity index (χ0) is 19.4. The molecule has 0 aliphatic carbocycles. The summed E-state index contributed by atoms with van der Waals surface area (Å²) in [5, 5.41) is 3.82. The molecule has 140 valence electrons. The van der Waals surface area contributed by atoms with Gasteiger partial charge in [-0.2, -0.15) is 0 Å². The Labute approximate surface area is 165 Å². The molecule has 0 fully saturated rings. The lowest BCUT2D eigenvalue weighted by molar-refractivity contribution is -0.141. The van der Waals surface area contributed by atoms with Crippen molar-refractivity contribution in [1.82, 2.24) is 10.3 Å². The van der Waals surface area contributed by atoms with Crippen molar-refractivity contribution in [2.75, 3.05) is 14.2 Å². The number of H-pyrrole nitrogens is 1. The van der Waals surface area contributed by atoms with E-state index in [2.05, 4.69) is 26.2 Å². The summed E-state index contributed by atoms with van der Waals surface area (Å²) in [6.07, 6.45) is 0.0281. The molecule has 0 aliphatic heterocycles. The van der Waals surface area contributed by atoms with E-state index in [1.54, 1.807) is 25.3 Å². The fourth-order valence-corrected chi connectivity index (χ4v) is 3.18. The number of rotatable bonds is 6. The maximum atomic E-state index is 12.7. The van der Waals surface area contributed by atoms with E-state index in [1.165, 1.54) is 7.11 Å². The molecular formula is C20H19BrN2O4. The number of esters is 1. The molecule has 2 N–H and O–H groups in total. The molecule has 0 aliphatic rings. The van der Waals surface area contributed by atoms with E-state index < -0.39 is 12.0 Å². The van der Waals surface area contributed by atoms with Crippen LogP contribution in [0.4, 0.5) is 0 Å². The maximum absolute atomic E-state index is 12.7. The van der Waals surface area contributed by atoms with Crippen molar-refractivity contribution in [3.63, 3.8) is 0 Å². The smallest absolute Gasteiger partial charge is 0.307 e. The van der Waals surface area contributed by atoms with Crippen molar-refractivity contribution in [3.05, 3.63) is 64.3 Å². The van der Waals surface area contributed by atoms with Crippen molar-refractivity contribution < 1.29 is 19.1 Å². The Kier molecular flexibility index (Phi) is 5.81. The number of carbonyl (C=O) groups excluding carboxylic acids is 2. The summed E-state index contributed by atoms with van der Waals surface area (Å²) in [4.78, 5) is 27.6. The zero-order valence-corrected chi connectivity index (χ0v) is 16.5. The highest BCUT2D eigenvalue weighted by Gasteiger charge is 2.21. The van der Waals surface area contributed by atoms with Crippen LogP contribution in [0.1, 0.15) is 28.5 Å². The van der Waals surface area contributed by atoms with Gasteiger partial charge in [0.25, 0.3) is 5.91 Å². The molecule has 1 aromatic heterocycles. The molecule has 3 rings (SSSR count). The average Bonchev–Trinajstić information content (AvgIpc) is 3.10. The quantitative estimate of drug-likeness (QED) is 0.579. The number of nitrogens with one attached hydrogen (secondary N) is 2. The Morgan fingerprint density at radius 2 is 1.85 bits per heavy atom. The van der Waals surface area contributed by atoms with E-state index in [1.807, 2.05) is 30.3 Å². The third kappa shape index (κ3) is 4.49. The van der Waals surface area contributed by atoms with Crippen molar-refractivity contribution in [1.29, 1.82) is 0 Å². The van der Waals surface area contributed by atoms with Gasteiger partial charge in [-0.15, -0.1) is 0 Å². The van der Waals surface area contributed by atoms with Crippen LogP contribution in [0.5, 0.6) is 5.75 Å². The summed E-state index contributed by atoms with van der Waals surface area (Å²) >= 11 is 3.42. The van der Waals surface area contributed by atoms with Crippen molar-refractivity contribution in [2.24, 2.45) is 0 Å². The van der Waals surface area contributed by atoms with Gasteiger partial charge in [0.05, 0.1) is 26.7 Å². The number of ether oxygens (including phenoxy) is 2. The Bertz CT molecular complexity index is 966. The highest BCUT2D eigenvalue weighted by atomic mass is 79.9. The lowest BCUT2D eigenvalue weighted by Crippen LogP contribution is -2.30. The van der Waals surface area contributed by atoms with Crippen LogP contribution in [0.25, 0.3) is 10.9 Å². The number of aromatic nitrogens is 1. The predicted octanol–water partition coefficient (Wildman–Crippen LogP) is 3.97. The van der Waals surface area contributed by atoms with Crippen molar-refractivity contribution >= 4 is 38.7 Å². The number of methoxy groups -OCH3 is 2. The van der Waals surface area contributed by atoms with Gasteiger partial charge in [0.15, 0.2) is 0 Å². The number of hydrogen-bond acceptors (Lipinski definition) is 4. The van der Waals surface area contributed by atoms with Gasteiger partial charge in [0.2, 0.25) is 0 Å². The molecule has 6 nitrogen and oxygen atoms in total. The molecule has 1 heterocycles. The minimum Gasteiger partial charge on any atom is -0.497 e. The van der Waals surface area contributed by atoms with Crippen LogP contribution in [-0.2, 0) is 9.53 Å². The van der Waals surface area contributed by atoms with Crippen LogP contribution >= 0.6 is 15.9 Å². The topological polar surface area (TPSA) is 80.4 Å². The van der Waals surface area contributed by atoms with Gasteiger partial charge in [-0.1, -0.05) is 28.1 Å². The minimum atomic E-state index is -0.519. The Morgan fingerprint density at radius 3 is 2.52 bits per heavy atom. The summed E-state index contributed by atoms with van der Waals surface area (Å²) in [6.45, 7) is 0. The molecule has 7 heteroatoms. The van der Waals surface area contributed by atoms with E-state index in [0.29, 0.717) is 11.4 Å². The summed E-state index contributed by atoms with van der Waals surface area (Å²) in [5.74, 6) is -0.00757. The van der Waals surface area contributed by atoms with Crippen LogP contribution in [0, 0.1) is 0 Å². The molecule has 0 saturated carbocycles. The fraction of sp³-hybridized carbons (Fsp3) is 0.200. The number of fused-ring (bicyclic) bond motifs is 1. The summed E-state index contributed by atoms with van der Waals surface area (Å²) < 4.78 is 10.9. The predicted molar refractivity (Wildman–Crippen MR) is 106 cm³/mol. The first-order valence-electron chi connectivity index (χ1n) is 8.30. The standard InChI is InChI=1S/C20H19BrN2O4/c1-26-15-6-3-12(4-7-15)17(11-19(24)27-2)23-20(25)18-10-13-9-14(21)5-8-16(13)22-18/h3-10,17,22H,11H2,1-2H3,(H,23,25). The maximum Gasteiger partial charge on any atom is 0.307 e. The number of carbonyl (C=O) groups is 2. The van der Waals surface area contributed by atoms with Crippen LogP contribution in [0.2, 0.25) is 0 Å². The second kappa shape index (κ2) is 8.26. The molecule has 1 amide bonds. The molecule has 1 atom stereocenters. The largest absolute Gasteiger partial charge is 0.497 e. The van der Waals surface area contributed by atoms with Crippen LogP contribution in [-0.4, -0.2) is 31.1 Å². The second-order valence-electron chi connectivity index (χ2n) is 5.99. The molecule has 0 radical (unpaired) electrons. The SMILES string of the molecule is COC(=O)CC(NC(=O)c1cc2cc(Br)ccc2[nH]1)c1ccc(OC)cc1. The number of amides is 1. The number of hydrogen-bond donors (Lipinski definition) is 2. The molecule has 1 unspecified atom stereocenters. The van der Waals surface area contributed by atoms with Crippen LogP contribution in [0.15, 0.2) is 53.0 Å². The van der Waals surface area contributed by atoms with Gasteiger partial charge in [-0.05, 0) is 42.0 Å². The second-order valence-corrected chi connectivity index (χ2v) is 6.91. The van der Waals surface area contributed by atoms with E-state index in [0.717, 1.165) is 20.9 Å². The van der Waals surface area contributed by atoms with Crippen molar-refractivity contribution in [2.45, 2.75) is 12.5 Å². The monoisotopic (exact) mass is 430 g/mol. The molecule has 2 aromatic carbocycles. The highest BCUT2D eigenvalue weighted by molar-refractivity contribution is 9.10. The van der Waals surface area contributed by atoms with E-state index in [-0.39, 0.29) is 12.3 Å². The summed E-state index contributed by atoms with van der Waals surface area (Å²) in [6, 6.07) is 14.2. The first-order valence-corrected chi connectivity index (χ1v) is 9.09. The van der Waals surface area contributed by atoms with Gasteiger partial charge < -0.3 is 19.8 Å². The molecule has 0 saturated heterocycles. The van der Waals surface area contributed by atoms with Gasteiger partial charge in [-0.3, -0.25) is 9.59 Å². The molecule has 0 bridgehead atoms. The van der Waals surface area contributed by atoms with Crippen molar-refractivity contribution in [3.8, 4) is 5.75 Å². The van der Waals surface area contributed by atoms with Gasteiger partial charge in [-0.25, -0.2) is 0 Å². The van der Waals surface area contributed by atoms with Crippen LogP contribution < -0.4 is 10.1 Å². The number of aromatic amines is 1. The fourth-order valence-electron chi connectivity index (χ4n) is 2.80. The first-order chi connectivity index (χ1) is 13.0. The molecule has 0 spiro atoms. The van der Waals surface area contributed by atoms with Gasteiger partial charge in [0, 0.05) is 15.4 Å². The number of benzene rings is 2. The third-order valence-corrected chi connectivity index (χ3v) is 4.74. The summed E-state index contributed by atoms with van der Waals surface area (Å²) in [7, 11) is 2.90. The van der Waals surface area contributed by atoms with Crippen LogP contribution in [0.3, 0.4) is 0 Å². The Balaban J connectivity index is 1.84. The molecule has 3 aromatic rings. The normalized spacial score (nSPS) is 11.8. The molecular weight excluding hydrogens is 412 g/mol. The lowest BCUT2D eigenvalue weighted by Gasteiger charge is -2.18. The Morgan fingerprint density at radius 1 is 1.11 bits per heavy atom. The minimum absolute atomic E-state index is 0.0281. The lowest BCUT2D eigenvalue weighted by atomic mass is 10.0. The average molecular weight is 431 g/mol. The Hall–Kier alpha value is -2.80. The zero-order valence-electron chi connectivity index (χ0n) is 14.9. The molecule has 27 heavy (non-hydrogen) atoms. The van der Waals surface area contributed by atoms with E-state index >= 15 is 0 Å². The third-order valence-electron chi connectivity index (χ3n) is 4.25. The first kappa shape index (κ1) is 19.0.